The van der Waals surface area contributed by atoms with E-state index in [1.54, 1.807) is 12.1 Å². The number of anilines is 2. The highest BCUT2D eigenvalue weighted by Gasteiger charge is 2.14. The molecule has 0 amide bonds. The lowest BCUT2D eigenvalue weighted by Gasteiger charge is -2.14. The first-order valence-corrected chi connectivity index (χ1v) is 7.55. The molecule has 0 atom stereocenters. The van der Waals surface area contributed by atoms with Crippen LogP contribution >= 0.6 is 11.6 Å². The molecule has 0 radical (unpaired) electrons. The van der Waals surface area contributed by atoms with E-state index in [0.717, 1.165) is 16.8 Å². The molecule has 0 fully saturated rings. The van der Waals surface area contributed by atoms with Crippen molar-refractivity contribution in [3.8, 4) is 0 Å². The number of aryl methyl sites for hydroxylation is 2. The van der Waals surface area contributed by atoms with Gasteiger partial charge in [-0.3, -0.25) is 0 Å². The number of para-hydroxylation sites is 1. The van der Waals surface area contributed by atoms with E-state index in [4.69, 9.17) is 17.3 Å². The van der Waals surface area contributed by atoms with Crippen molar-refractivity contribution >= 4 is 40.5 Å². The monoisotopic (exact) mass is 331 g/mol. The van der Waals surface area contributed by atoms with Crippen LogP contribution < -0.4 is 11.1 Å². The van der Waals surface area contributed by atoms with Crippen LogP contribution in [0.25, 0.3) is 0 Å². The number of amidine groups is 1. The number of carboxylic acid groups (broad SMARTS) is 1. The van der Waals surface area contributed by atoms with Gasteiger partial charge in [0.25, 0.3) is 0 Å². The van der Waals surface area contributed by atoms with Crippen molar-refractivity contribution in [1.29, 1.82) is 0 Å². The fraction of sp³-hybridized carbons (Fsp3) is 0.176. The lowest BCUT2D eigenvalue weighted by atomic mass is 10.1. The fourth-order valence-corrected chi connectivity index (χ4v) is 2.38. The zero-order valence-electron chi connectivity index (χ0n) is 12.9. The van der Waals surface area contributed by atoms with Crippen LogP contribution in [0, 0.1) is 13.8 Å². The van der Waals surface area contributed by atoms with E-state index in [0.29, 0.717) is 11.4 Å². The molecule has 2 aromatic carbocycles. The number of halogens is 1. The summed E-state index contributed by atoms with van der Waals surface area (Å²) in [7, 11) is 0. The third-order valence-electron chi connectivity index (χ3n) is 3.16. The molecule has 0 aromatic heterocycles. The van der Waals surface area contributed by atoms with Crippen LogP contribution in [0.1, 0.15) is 21.5 Å². The summed E-state index contributed by atoms with van der Waals surface area (Å²) in [6.45, 7) is 3.96. The number of carbonyl (C=O) groups is 1. The van der Waals surface area contributed by atoms with Gasteiger partial charge in [-0.25, -0.2) is 9.79 Å². The normalized spacial score (nSPS) is 11.3. The Kier molecular flexibility index (Phi) is 5.24. The van der Waals surface area contributed by atoms with Crippen molar-refractivity contribution in [1.82, 2.24) is 0 Å². The van der Waals surface area contributed by atoms with E-state index >= 15 is 0 Å². The minimum absolute atomic E-state index is 0.0697. The molecule has 0 saturated heterocycles. The Labute approximate surface area is 139 Å². The number of benzene rings is 2. The Hall–Kier alpha value is -2.53. The van der Waals surface area contributed by atoms with Gasteiger partial charge in [-0.1, -0.05) is 12.1 Å². The molecule has 0 heterocycles. The number of nitrogens with zero attached hydrogens (tertiary/aromatic N) is 1. The zero-order valence-corrected chi connectivity index (χ0v) is 13.7. The summed E-state index contributed by atoms with van der Waals surface area (Å²) in [6, 6.07) is 10.7. The van der Waals surface area contributed by atoms with Crippen molar-refractivity contribution < 1.29 is 9.90 Å². The van der Waals surface area contributed by atoms with Gasteiger partial charge in [0.05, 0.1) is 22.8 Å². The van der Waals surface area contributed by atoms with Gasteiger partial charge in [0.2, 0.25) is 0 Å². The number of carboxylic acids is 1. The maximum Gasteiger partial charge on any atom is 0.337 e. The smallest absolute Gasteiger partial charge is 0.337 e. The maximum atomic E-state index is 11.5. The second-order valence-electron chi connectivity index (χ2n) is 5.24. The Balaban J connectivity index is 2.55. The maximum absolute atomic E-state index is 11.5. The molecule has 120 valence electrons. The highest BCUT2D eigenvalue weighted by molar-refractivity contribution is 6.28. The van der Waals surface area contributed by atoms with E-state index in [1.807, 2.05) is 32.0 Å². The van der Waals surface area contributed by atoms with E-state index in [-0.39, 0.29) is 17.3 Å². The summed E-state index contributed by atoms with van der Waals surface area (Å²) in [5.41, 5.74) is 9.56. The van der Waals surface area contributed by atoms with Crippen molar-refractivity contribution in [3.63, 3.8) is 0 Å². The van der Waals surface area contributed by atoms with Gasteiger partial charge in [-0.2, -0.15) is 0 Å². The number of nitrogens with one attached hydrogen (secondary N) is 1. The number of alkyl halides is 1. The Morgan fingerprint density at radius 2 is 1.91 bits per heavy atom. The van der Waals surface area contributed by atoms with Gasteiger partial charge in [-0.15, -0.1) is 11.6 Å². The molecule has 0 bridgehead atoms. The Bertz CT molecular complexity index is 752. The largest absolute Gasteiger partial charge is 0.478 e. The molecule has 5 nitrogen and oxygen atoms in total. The highest BCUT2D eigenvalue weighted by Crippen LogP contribution is 2.32. The second-order valence-corrected chi connectivity index (χ2v) is 5.51. The van der Waals surface area contributed by atoms with E-state index < -0.39 is 5.97 Å². The predicted octanol–water partition coefficient (Wildman–Crippen LogP) is 3.97. The summed E-state index contributed by atoms with van der Waals surface area (Å²) < 4.78 is 0. The minimum Gasteiger partial charge on any atom is -0.478 e. The van der Waals surface area contributed by atoms with Crippen LogP contribution in [0.2, 0.25) is 0 Å². The number of rotatable bonds is 5. The molecule has 0 aliphatic heterocycles. The molecule has 2 rings (SSSR count). The van der Waals surface area contributed by atoms with Crippen molar-refractivity contribution in [2.75, 3.05) is 11.2 Å². The standard InChI is InChI=1S/C17H18ClN3O2/c1-10-6-11(2)8-12(7-10)20-16-13(17(22)23)4-3-5-14(16)21-15(19)9-18/h3-8,20H,9H2,1-2H3,(H2,19,21)(H,22,23). The van der Waals surface area contributed by atoms with Crippen LogP contribution in [-0.4, -0.2) is 22.8 Å². The third kappa shape index (κ3) is 4.23. The van der Waals surface area contributed by atoms with Gasteiger partial charge >= 0.3 is 5.97 Å². The van der Waals surface area contributed by atoms with Crippen LogP contribution in [0.5, 0.6) is 0 Å². The van der Waals surface area contributed by atoms with Crippen LogP contribution in [0.3, 0.4) is 0 Å². The SMILES string of the molecule is Cc1cc(C)cc(Nc2c(N=C(N)CCl)cccc2C(=O)O)c1. The Morgan fingerprint density at radius 3 is 2.48 bits per heavy atom. The van der Waals surface area contributed by atoms with Crippen molar-refractivity contribution in [2.45, 2.75) is 13.8 Å². The van der Waals surface area contributed by atoms with Crippen molar-refractivity contribution in [3.05, 3.63) is 53.1 Å². The number of aliphatic imine (C=N–C) groups is 1. The van der Waals surface area contributed by atoms with Gasteiger partial charge < -0.3 is 16.2 Å². The number of nitrogens with two attached hydrogens (primary N) is 1. The molecular weight excluding hydrogens is 314 g/mol. The zero-order chi connectivity index (χ0) is 17.0. The van der Waals surface area contributed by atoms with Crippen molar-refractivity contribution in [2.24, 2.45) is 10.7 Å². The second kappa shape index (κ2) is 7.15. The molecule has 0 aliphatic carbocycles. The molecule has 0 spiro atoms. The number of aromatic carboxylic acids is 1. The molecule has 2 aromatic rings. The molecule has 0 unspecified atom stereocenters. The first-order chi connectivity index (χ1) is 10.9. The molecular formula is C17H18ClN3O2. The first-order valence-electron chi connectivity index (χ1n) is 7.01. The van der Waals surface area contributed by atoms with Crippen LogP contribution in [0.15, 0.2) is 41.4 Å². The summed E-state index contributed by atoms with van der Waals surface area (Å²) in [6.07, 6.45) is 0. The Morgan fingerprint density at radius 1 is 1.26 bits per heavy atom. The minimum atomic E-state index is -1.04. The molecule has 4 N–H and O–H groups in total. The molecule has 0 aliphatic rings. The third-order valence-corrected chi connectivity index (χ3v) is 3.44. The highest BCUT2D eigenvalue weighted by atomic mass is 35.5. The summed E-state index contributed by atoms with van der Waals surface area (Å²) in [4.78, 5) is 15.7. The topological polar surface area (TPSA) is 87.7 Å². The van der Waals surface area contributed by atoms with E-state index in [9.17, 15) is 9.90 Å². The van der Waals surface area contributed by atoms with Crippen LogP contribution in [-0.2, 0) is 0 Å². The average Bonchev–Trinajstić information content (AvgIpc) is 2.47. The first kappa shape index (κ1) is 16.8. The van der Waals surface area contributed by atoms with E-state index in [2.05, 4.69) is 10.3 Å². The summed E-state index contributed by atoms with van der Waals surface area (Å²) >= 11 is 5.67. The molecule has 6 heteroatoms. The molecule has 0 saturated carbocycles. The lowest BCUT2D eigenvalue weighted by molar-refractivity contribution is 0.0698. The molecule has 23 heavy (non-hydrogen) atoms. The average molecular weight is 332 g/mol. The van der Waals surface area contributed by atoms with Gasteiger partial charge in [0, 0.05) is 5.69 Å². The fourth-order valence-electron chi connectivity index (χ4n) is 2.32. The quantitative estimate of drug-likeness (QED) is 0.439. The summed E-state index contributed by atoms with van der Waals surface area (Å²) in [5.74, 6) is -0.753. The lowest BCUT2D eigenvalue weighted by Crippen LogP contribution is -2.12. The summed E-state index contributed by atoms with van der Waals surface area (Å²) in [5, 5.41) is 12.6. The predicted molar refractivity (Wildman–Crippen MR) is 94.6 cm³/mol. The number of hydrogen-bond acceptors (Lipinski definition) is 3. The van der Waals surface area contributed by atoms with Gasteiger partial charge in [-0.05, 0) is 49.2 Å². The van der Waals surface area contributed by atoms with Gasteiger partial charge in [0.15, 0.2) is 0 Å². The van der Waals surface area contributed by atoms with E-state index in [1.165, 1.54) is 6.07 Å². The van der Waals surface area contributed by atoms with Crippen LogP contribution in [0.4, 0.5) is 17.1 Å². The number of hydrogen-bond donors (Lipinski definition) is 3. The van der Waals surface area contributed by atoms with Gasteiger partial charge in [0.1, 0.15) is 5.84 Å².